The first-order valence-corrected chi connectivity index (χ1v) is 4.20. The van der Waals surface area contributed by atoms with E-state index < -0.39 is 17.9 Å². The topological polar surface area (TPSA) is 101 Å². The zero-order chi connectivity index (χ0) is 11.2. The number of rotatable bonds is 7. The van der Waals surface area contributed by atoms with E-state index in [2.05, 4.69) is 0 Å². The number of hydrazine groups is 1. The molecule has 14 heavy (non-hydrogen) atoms. The highest BCUT2D eigenvalue weighted by Crippen LogP contribution is 2.22. The van der Waals surface area contributed by atoms with E-state index in [-0.39, 0.29) is 12.8 Å². The Labute approximate surface area is 80.4 Å². The summed E-state index contributed by atoms with van der Waals surface area (Å²) in [6, 6.07) is 0. The molecule has 0 saturated carbocycles. The third-order valence-electron chi connectivity index (χ3n) is 2.04. The maximum atomic E-state index is 12.5. The van der Waals surface area contributed by atoms with Gasteiger partial charge in [-0.05, 0) is 25.8 Å². The number of halogens is 2. The van der Waals surface area contributed by atoms with E-state index in [0.717, 1.165) is 0 Å². The van der Waals surface area contributed by atoms with E-state index in [1.54, 1.807) is 5.43 Å². The minimum absolute atomic E-state index is 0.242. The Kier molecular flexibility index (Phi) is 5.51. The quantitative estimate of drug-likeness (QED) is 0.262. The van der Waals surface area contributed by atoms with Crippen molar-refractivity contribution in [3.05, 3.63) is 0 Å². The summed E-state index contributed by atoms with van der Waals surface area (Å²) in [6.45, 7) is 0.337. The molecule has 0 aromatic carbocycles. The molecule has 0 heterocycles. The summed E-state index contributed by atoms with van der Waals surface area (Å²) in [5, 5.41) is 8.64. The van der Waals surface area contributed by atoms with Crippen LogP contribution >= 0.6 is 0 Å². The highest BCUT2D eigenvalue weighted by atomic mass is 19.3. The summed E-state index contributed by atoms with van der Waals surface area (Å²) in [7, 11) is 0. The second-order valence-corrected chi connectivity index (χ2v) is 2.97. The van der Waals surface area contributed by atoms with Crippen LogP contribution in [0.4, 0.5) is 8.78 Å². The Balaban J connectivity index is 4.43. The number of carboxylic acid groups (broad SMARTS) is 1. The Bertz CT molecular complexity index is 192. The first kappa shape index (κ1) is 13.2. The highest BCUT2D eigenvalue weighted by molar-refractivity contribution is 5.79. The van der Waals surface area contributed by atoms with E-state index >= 15 is 0 Å². The maximum absolute atomic E-state index is 12.5. The number of carbonyl (C=O) groups is 1. The molecular formula is C7H15F2N3O2. The van der Waals surface area contributed by atoms with Gasteiger partial charge in [-0.25, -0.2) is 19.0 Å². The number of carboxylic acids is 1. The van der Waals surface area contributed by atoms with Crippen LogP contribution in [0.1, 0.15) is 19.3 Å². The molecule has 0 fully saturated rings. The molecule has 6 N–H and O–H groups in total. The van der Waals surface area contributed by atoms with Crippen LogP contribution in [-0.2, 0) is 4.79 Å². The van der Waals surface area contributed by atoms with Gasteiger partial charge in [-0.1, -0.05) is 0 Å². The van der Waals surface area contributed by atoms with Gasteiger partial charge in [0.15, 0.2) is 5.54 Å². The summed E-state index contributed by atoms with van der Waals surface area (Å²) in [4.78, 5) is 10.6. The third-order valence-corrected chi connectivity index (χ3v) is 2.04. The van der Waals surface area contributed by atoms with Gasteiger partial charge >= 0.3 is 5.97 Å². The van der Waals surface area contributed by atoms with Gasteiger partial charge < -0.3 is 10.8 Å². The van der Waals surface area contributed by atoms with Crippen molar-refractivity contribution in [2.45, 2.75) is 31.2 Å². The van der Waals surface area contributed by atoms with E-state index in [1.165, 1.54) is 0 Å². The molecule has 0 aliphatic heterocycles. The number of hydrogen-bond acceptors (Lipinski definition) is 4. The molecule has 84 valence electrons. The predicted octanol–water partition coefficient (Wildman–Crippen LogP) is -0.333. The Morgan fingerprint density at radius 2 is 2.07 bits per heavy atom. The molecule has 1 atom stereocenters. The van der Waals surface area contributed by atoms with Crippen molar-refractivity contribution in [1.82, 2.24) is 5.43 Å². The minimum Gasteiger partial charge on any atom is -0.480 e. The normalized spacial score (nSPS) is 15.5. The zero-order valence-corrected chi connectivity index (χ0v) is 7.67. The van der Waals surface area contributed by atoms with Gasteiger partial charge in [-0.3, -0.25) is 5.84 Å². The number of nitrogens with two attached hydrogens (primary N) is 2. The average molecular weight is 211 g/mol. The van der Waals surface area contributed by atoms with Gasteiger partial charge in [-0.2, -0.15) is 0 Å². The summed E-state index contributed by atoms with van der Waals surface area (Å²) in [5.74, 6) is 3.20. The van der Waals surface area contributed by atoms with Crippen molar-refractivity contribution in [3.8, 4) is 0 Å². The van der Waals surface area contributed by atoms with Crippen LogP contribution in [0.25, 0.3) is 0 Å². The highest BCUT2D eigenvalue weighted by Gasteiger charge is 2.46. The molecule has 5 nitrogen and oxygen atoms in total. The van der Waals surface area contributed by atoms with Gasteiger partial charge in [0.05, 0.1) is 0 Å². The molecule has 0 rings (SSSR count). The molecule has 0 bridgehead atoms. The molecule has 0 amide bonds. The van der Waals surface area contributed by atoms with Crippen molar-refractivity contribution in [2.24, 2.45) is 11.6 Å². The van der Waals surface area contributed by atoms with Gasteiger partial charge in [0, 0.05) is 0 Å². The monoisotopic (exact) mass is 211 g/mol. The van der Waals surface area contributed by atoms with Crippen LogP contribution in [0, 0.1) is 0 Å². The Morgan fingerprint density at radius 3 is 2.36 bits per heavy atom. The lowest BCUT2D eigenvalue weighted by atomic mass is 9.94. The van der Waals surface area contributed by atoms with Crippen molar-refractivity contribution in [1.29, 1.82) is 0 Å². The Hall–Kier alpha value is -0.790. The number of alkyl halides is 2. The summed E-state index contributed by atoms with van der Waals surface area (Å²) in [6.07, 6.45) is -2.52. The first-order chi connectivity index (χ1) is 6.51. The van der Waals surface area contributed by atoms with Gasteiger partial charge in [0.1, 0.15) is 0 Å². The molecule has 0 aromatic rings. The molecule has 0 saturated heterocycles. The lowest BCUT2D eigenvalue weighted by Gasteiger charge is -2.27. The van der Waals surface area contributed by atoms with Gasteiger partial charge in [-0.15, -0.1) is 0 Å². The number of aliphatic carboxylic acids is 1. The van der Waals surface area contributed by atoms with Crippen LogP contribution < -0.4 is 17.0 Å². The third kappa shape index (κ3) is 2.86. The summed E-state index contributed by atoms with van der Waals surface area (Å²) < 4.78 is 25.0. The fourth-order valence-electron chi connectivity index (χ4n) is 1.05. The van der Waals surface area contributed by atoms with E-state index in [0.29, 0.717) is 13.0 Å². The van der Waals surface area contributed by atoms with Crippen molar-refractivity contribution in [3.63, 3.8) is 0 Å². The number of nitrogens with one attached hydrogen (secondary N) is 1. The summed E-state index contributed by atoms with van der Waals surface area (Å²) in [5.41, 5.74) is 4.50. The fraction of sp³-hybridized carbons (Fsp3) is 0.857. The molecule has 0 aliphatic carbocycles. The van der Waals surface area contributed by atoms with Crippen LogP contribution in [-0.4, -0.2) is 29.6 Å². The van der Waals surface area contributed by atoms with E-state index in [1.807, 2.05) is 0 Å². The summed E-state index contributed by atoms with van der Waals surface area (Å²) >= 11 is 0. The minimum atomic E-state index is -3.05. The SMILES string of the molecule is NCCCCC(NN)(C(=O)O)C(F)F. The van der Waals surface area contributed by atoms with Gasteiger partial charge in [0.25, 0.3) is 6.43 Å². The molecular weight excluding hydrogens is 196 g/mol. The maximum Gasteiger partial charge on any atom is 0.331 e. The van der Waals surface area contributed by atoms with Crippen molar-refractivity contribution >= 4 is 5.97 Å². The predicted molar refractivity (Wildman–Crippen MR) is 46.6 cm³/mol. The standard InChI is InChI=1S/C7H15F2N3O2/c8-5(9)7(12-11,6(13)14)3-1-2-4-10/h5,12H,1-4,10-11H2,(H,13,14). The van der Waals surface area contributed by atoms with Crippen LogP contribution in [0.5, 0.6) is 0 Å². The van der Waals surface area contributed by atoms with Crippen LogP contribution in [0.2, 0.25) is 0 Å². The molecule has 0 radical (unpaired) electrons. The Morgan fingerprint density at radius 1 is 1.50 bits per heavy atom. The molecule has 7 heteroatoms. The number of unbranched alkanes of at least 4 members (excludes halogenated alkanes) is 1. The molecule has 0 aromatic heterocycles. The molecule has 0 aliphatic rings. The second-order valence-electron chi connectivity index (χ2n) is 2.97. The lowest BCUT2D eigenvalue weighted by Crippen LogP contribution is -2.60. The van der Waals surface area contributed by atoms with E-state index in [9.17, 15) is 13.6 Å². The van der Waals surface area contributed by atoms with Crippen LogP contribution in [0.15, 0.2) is 0 Å². The van der Waals surface area contributed by atoms with Crippen LogP contribution in [0.3, 0.4) is 0 Å². The van der Waals surface area contributed by atoms with Crippen molar-refractivity contribution in [2.75, 3.05) is 6.54 Å². The van der Waals surface area contributed by atoms with E-state index in [4.69, 9.17) is 16.7 Å². The van der Waals surface area contributed by atoms with Gasteiger partial charge in [0.2, 0.25) is 0 Å². The smallest absolute Gasteiger partial charge is 0.331 e. The number of hydrogen-bond donors (Lipinski definition) is 4. The van der Waals surface area contributed by atoms with Crippen molar-refractivity contribution < 1.29 is 18.7 Å². The lowest BCUT2D eigenvalue weighted by molar-refractivity contribution is -0.153. The molecule has 1 unspecified atom stereocenters. The second kappa shape index (κ2) is 5.84. The fourth-order valence-corrected chi connectivity index (χ4v) is 1.05. The zero-order valence-electron chi connectivity index (χ0n) is 7.67. The first-order valence-electron chi connectivity index (χ1n) is 4.20. The largest absolute Gasteiger partial charge is 0.480 e. The average Bonchev–Trinajstić information content (AvgIpc) is 2.11. The molecule has 0 spiro atoms.